The third-order valence-electron chi connectivity index (χ3n) is 1.21. The molecule has 0 atom stereocenters. The Bertz CT molecular complexity index is 96.0. The van der Waals surface area contributed by atoms with Crippen LogP contribution in [-0.2, 0) is 17.0 Å². The molecule has 0 aromatic rings. The van der Waals surface area contributed by atoms with Gasteiger partial charge in [0.25, 0.3) is 0 Å². The second-order valence-corrected chi connectivity index (χ2v) is 6.75. The molecule has 0 bridgehead atoms. The van der Waals surface area contributed by atoms with E-state index in [1.165, 1.54) is 0 Å². The Hall–Kier alpha value is 1.21. The van der Waals surface area contributed by atoms with E-state index in [9.17, 15) is 0 Å². The Labute approximate surface area is 118 Å². The normalized spacial score (nSPS) is 9.12. The van der Waals surface area contributed by atoms with Gasteiger partial charge in [-0.05, 0) is 6.42 Å². The third-order valence-corrected chi connectivity index (χ3v) is 1.21. The molecule has 0 aliphatic rings. The molecule has 0 saturated heterocycles. The maximum atomic E-state index is 7.88. The van der Waals surface area contributed by atoms with E-state index in [2.05, 4.69) is 33.0 Å². The first-order chi connectivity index (χ1) is 7.45. The summed E-state index contributed by atoms with van der Waals surface area (Å²) in [6, 6.07) is 0. The molecule has 0 radical (unpaired) electrons. The molecular weight excluding hydrogens is 281 g/mol. The van der Waals surface area contributed by atoms with Crippen LogP contribution in [0.4, 0.5) is 0 Å². The van der Waals surface area contributed by atoms with Crippen molar-refractivity contribution in [3.63, 3.8) is 0 Å². The van der Waals surface area contributed by atoms with Crippen molar-refractivity contribution in [2.24, 2.45) is 11.8 Å². The number of hydrogen-bond donors (Lipinski definition) is 1. The molecule has 0 amide bonds. The summed E-state index contributed by atoms with van der Waals surface area (Å²) in [5, 5.41) is 12.2. The van der Waals surface area contributed by atoms with Crippen molar-refractivity contribution in [1.82, 2.24) is 0 Å². The summed E-state index contributed by atoms with van der Waals surface area (Å²) in [5.74, 6) is 1.45. The zero-order chi connectivity index (χ0) is 13.4. The molecule has 0 aliphatic carbocycles. The van der Waals surface area contributed by atoms with Gasteiger partial charge in [0.05, 0.1) is 0 Å². The summed E-state index contributed by atoms with van der Waals surface area (Å²) in [4.78, 5) is 0. The predicted octanol–water partition coefficient (Wildman–Crippen LogP) is 4.44. The minimum absolute atomic E-state index is 0.319. The Morgan fingerprint density at radius 1 is 1.06 bits per heavy atom. The first-order valence-corrected chi connectivity index (χ1v) is 9.96. The fraction of sp³-hybridized carbons (Fsp3) is 1.00. The Balaban J connectivity index is -0.000000201. The molecule has 5 heteroatoms. The number of aliphatic hydroxyl groups is 1. The number of nitrogens with zero attached hydrogens (tertiary/aromatic N) is 1. The van der Waals surface area contributed by atoms with Crippen LogP contribution in [0.3, 0.4) is 0 Å². The van der Waals surface area contributed by atoms with Crippen LogP contribution < -0.4 is 0 Å². The molecular formula is C11H26Cl2NOTi-. The van der Waals surface area contributed by atoms with Gasteiger partial charge in [-0.15, -0.1) is 13.1 Å². The standard InChI is InChI=1S/C8H18N.C3H8O.2ClH.Ti/c1-7(2)5-9-6-8(3)4;1-2-3-4;;;/h7-8H,5-6H2,1-4H3;4H,2-3H2,1H3;2*1H;/q-1;;;;+2/p-2. The summed E-state index contributed by atoms with van der Waals surface area (Å²) in [6.07, 6.45) is 0.875. The molecule has 0 aromatic carbocycles. The summed E-state index contributed by atoms with van der Waals surface area (Å²) in [6.45, 7) is 13.1. The van der Waals surface area contributed by atoms with Gasteiger partial charge in [0.15, 0.2) is 0 Å². The summed E-state index contributed by atoms with van der Waals surface area (Å²) < 4.78 is 0. The first-order valence-electron chi connectivity index (χ1n) is 5.66. The van der Waals surface area contributed by atoms with Gasteiger partial charge in [0.1, 0.15) is 0 Å². The van der Waals surface area contributed by atoms with Crippen molar-refractivity contribution in [3.8, 4) is 0 Å². The second kappa shape index (κ2) is 21.5. The van der Waals surface area contributed by atoms with Crippen LogP contribution in [0.25, 0.3) is 5.32 Å². The molecule has 0 rings (SSSR count). The zero-order valence-electron chi connectivity index (χ0n) is 11.1. The Morgan fingerprint density at radius 3 is 1.44 bits per heavy atom. The van der Waals surface area contributed by atoms with Gasteiger partial charge in [-0.25, -0.2) is 0 Å². The van der Waals surface area contributed by atoms with Crippen LogP contribution >= 0.6 is 18.6 Å². The molecule has 0 aromatic heterocycles. The van der Waals surface area contributed by atoms with Gasteiger partial charge in [-0.3, -0.25) is 0 Å². The molecule has 0 unspecified atom stereocenters. The monoisotopic (exact) mass is 306 g/mol. The van der Waals surface area contributed by atoms with Gasteiger partial charge in [0.2, 0.25) is 0 Å². The Kier molecular flexibility index (Phi) is 30.1. The van der Waals surface area contributed by atoms with Crippen molar-refractivity contribution >= 4 is 18.6 Å². The van der Waals surface area contributed by atoms with E-state index in [0.717, 1.165) is 31.3 Å². The SMILES string of the molecule is CC(C)C[N-]CC(C)C.CCCO.[Cl][Ti][Cl]. The molecule has 0 spiro atoms. The molecule has 0 heterocycles. The zero-order valence-corrected chi connectivity index (χ0v) is 14.2. The van der Waals surface area contributed by atoms with Gasteiger partial charge < -0.3 is 10.4 Å². The van der Waals surface area contributed by atoms with E-state index in [4.69, 9.17) is 23.7 Å². The molecule has 1 N–H and O–H groups in total. The fourth-order valence-electron chi connectivity index (χ4n) is 0.591. The van der Waals surface area contributed by atoms with Crippen LogP contribution in [-0.4, -0.2) is 24.8 Å². The molecule has 16 heavy (non-hydrogen) atoms. The third kappa shape index (κ3) is 45.6. The average molecular weight is 307 g/mol. The number of hydrogen-bond acceptors (Lipinski definition) is 1. The summed E-state index contributed by atoms with van der Waals surface area (Å²) >= 11 is -0.556. The molecule has 0 aliphatic heterocycles. The minimum atomic E-state index is -0.556. The van der Waals surface area contributed by atoms with Crippen LogP contribution in [0, 0.1) is 11.8 Å². The van der Waals surface area contributed by atoms with Gasteiger partial charge in [0, 0.05) is 6.61 Å². The fourth-order valence-corrected chi connectivity index (χ4v) is 0.591. The van der Waals surface area contributed by atoms with Crippen molar-refractivity contribution < 1.29 is 22.1 Å². The van der Waals surface area contributed by atoms with E-state index in [1.807, 2.05) is 6.92 Å². The number of rotatable bonds is 5. The van der Waals surface area contributed by atoms with Crippen molar-refractivity contribution in [2.45, 2.75) is 41.0 Å². The van der Waals surface area contributed by atoms with Crippen molar-refractivity contribution in [1.29, 1.82) is 0 Å². The second-order valence-electron chi connectivity index (χ2n) is 4.17. The van der Waals surface area contributed by atoms with E-state index in [-0.39, 0.29) is 0 Å². The van der Waals surface area contributed by atoms with E-state index in [0.29, 0.717) is 6.61 Å². The van der Waals surface area contributed by atoms with Gasteiger partial charge in [-0.1, -0.05) is 46.5 Å². The van der Waals surface area contributed by atoms with E-state index < -0.39 is 17.0 Å². The molecule has 100 valence electrons. The van der Waals surface area contributed by atoms with Crippen molar-refractivity contribution in [2.75, 3.05) is 19.7 Å². The molecule has 0 saturated carbocycles. The number of aliphatic hydroxyl groups excluding tert-OH is 1. The van der Waals surface area contributed by atoms with Crippen molar-refractivity contribution in [3.05, 3.63) is 5.32 Å². The van der Waals surface area contributed by atoms with E-state index in [1.54, 1.807) is 0 Å². The molecule has 0 fully saturated rings. The Morgan fingerprint density at radius 2 is 1.31 bits per heavy atom. The van der Waals surface area contributed by atoms with Gasteiger partial charge >= 0.3 is 35.6 Å². The summed E-state index contributed by atoms with van der Waals surface area (Å²) in [7, 11) is 9.78. The van der Waals surface area contributed by atoms with Crippen LogP contribution in [0.5, 0.6) is 0 Å². The number of halogens is 2. The molecule has 2 nitrogen and oxygen atoms in total. The average Bonchev–Trinajstić information content (AvgIpc) is 2.18. The first kappa shape index (κ1) is 22.4. The van der Waals surface area contributed by atoms with Crippen LogP contribution in [0.2, 0.25) is 0 Å². The maximum absolute atomic E-state index is 7.88. The quantitative estimate of drug-likeness (QED) is 0.749. The van der Waals surface area contributed by atoms with Gasteiger partial charge in [-0.2, -0.15) is 0 Å². The van der Waals surface area contributed by atoms with Crippen LogP contribution in [0.15, 0.2) is 0 Å². The predicted molar refractivity (Wildman–Crippen MR) is 71.9 cm³/mol. The topological polar surface area (TPSA) is 34.3 Å². The summed E-state index contributed by atoms with van der Waals surface area (Å²) in [5.41, 5.74) is 0. The van der Waals surface area contributed by atoms with Crippen LogP contribution in [0.1, 0.15) is 41.0 Å². The van der Waals surface area contributed by atoms with E-state index >= 15 is 0 Å².